The third kappa shape index (κ3) is 1.98. The van der Waals surface area contributed by atoms with Gasteiger partial charge in [0.15, 0.2) is 0 Å². The molecule has 0 saturated carbocycles. The van der Waals surface area contributed by atoms with Crippen LogP contribution in [0.15, 0.2) is 9.00 Å². The minimum atomic E-state index is -1.45. The molecule has 1 heterocycles. The van der Waals surface area contributed by atoms with Crippen LogP contribution >= 0.6 is 11.5 Å². The van der Waals surface area contributed by atoms with Gasteiger partial charge in [-0.2, -0.15) is 9.22 Å². The molecule has 6 nitrogen and oxygen atoms in total. The summed E-state index contributed by atoms with van der Waals surface area (Å²) in [7, 11) is -0.0890. The Bertz CT molecular complexity index is 523. The summed E-state index contributed by atoms with van der Waals surface area (Å²) in [5.74, 6) is 0. The van der Waals surface area contributed by atoms with Crippen molar-refractivity contribution in [3.8, 4) is 6.07 Å². The fourth-order valence-electron chi connectivity index (χ4n) is 0.884. The molecule has 1 unspecified atom stereocenters. The van der Waals surface area contributed by atoms with Crippen LogP contribution in [-0.2, 0) is 10.8 Å². The van der Waals surface area contributed by atoms with E-state index in [1.165, 1.54) is 13.3 Å². The normalized spacial score (nSPS) is 11.8. The SMILES string of the molecule is CNC(=O)n1sc(S(C)=O)c(C#N)c1=O. The molecule has 0 aliphatic carbocycles. The molecular weight excluding hydrogens is 238 g/mol. The van der Waals surface area contributed by atoms with Crippen LogP contribution in [0.2, 0.25) is 0 Å². The summed E-state index contributed by atoms with van der Waals surface area (Å²) < 4.78 is 12.1. The number of hydrogen-bond donors (Lipinski definition) is 1. The molecule has 0 aromatic carbocycles. The fraction of sp³-hybridized carbons (Fsp3) is 0.286. The molecule has 1 rings (SSSR count). The van der Waals surface area contributed by atoms with Gasteiger partial charge in [0.05, 0.1) is 10.8 Å². The topological polar surface area (TPSA) is 92.0 Å². The number of hydrogen-bond acceptors (Lipinski definition) is 5. The minimum Gasteiger partial charge on any atom is -0.340 e. The van der Waals surface area contributed by atoms with Gasteiger partial charge in [0.1, 0.15) is 15.8 Å². The van der Waals surface area contributed by atoms with Gasteiger partial charge in [0.25, 0.3) is 5.56 Å². The van der Waals surface area contributed by atoms with Crippen LogP contribution in [0.1, 0.15) is 5.56 Å². The minimum absolute atomic E-state index is 0.117. The Balaban J connectivity index is 3.49. The van der Waals surface area contributed by atoms with Crippen molar-refractivity contribution in [3.63, 3.8) is 0 Å². The van der Waals surface area contributed by atoms with Crippen molar-refractivity contribution in [2.75, 3.05) is 13.3 Å². The van der Waals surface area contributed by atoms with Crippen LogP contribution in [0.4, 0.5) is 4.79 Å². The molecule has 1 atom stereocenters. The van der Waals surface area contributed by atoms with Crippen molar-refractivity contribution < 1.29 is 9.00 Å². The van der Waals surface area contributed by atoms with Crippen LogP contribution in [0.25, 0.3) is 0 Å². The van der Waals surface area contributed by atoms with Crippen molar-refractivity contribution in [2.24, 2.45) is 0 Å². The third-order valence-corrected chi connectivity index (χ3v) is 4.09. The molecule has 0 fully saturated rings. The van der Waals surface area contributed by atoms with E-state index in [1.807, 2.05) is 0 Å². The molecule has 0 spiro atoms. The summed E-state index contributed by atoms with van der Waals surface area (Å²) in [6.07, 6.45) is 1.35. The van der Waals surface area contributed by atoms with E-state index in [1.54, 1.807) is 6.07 Å². The van der Waals surface area contributed by atoms with E-state index < -0.39 is 22.4 Å². The Morgan fingerprint density at radius 3 is 2.60 bits per heavy atom. The molecule has 80 valence electrons. The molecule has 15 heavy (non-hydrogen) atoms. The maximum absolute atomic E-state index is 11.5. The van der Waals surface area contributed by atoms with Gasteiger partial charge in [0, 0.05) is 13.3 Å². The molecule has 1 amide bonds. The Hall–Kier alpha value is -1.46. The van der Waals surface area contributed by atoms with E-state index in [9.17, 15) is 13.8 Å². The predicted octanol–water partition coefficient (Wildman–Crippen LogP) is -0.294. The lowest BCUT2D eigenvalue weighted by atomic mass is 10.4. The Morgan fingerprint density at radius 1 is 1.67 bits per heavy atom. The summed E-state index contributed by atoms with van der Waals surface area (Å²) in [6.45, 7) is 0. The first kappa shape index (κ1) is 11.6. The van der Waals surface area contributed by atoms with Crippen LogP contribution in [0.3, 0.4) is 0 Å². The van der Waals surface area contributed by atoms with Gasteiger partial charge in [-0.25, -0.2) is 4.79 Å². The molecule has 1 aromatic rings. The summed E-state index contributed by atoms with van der Waals surface area (Å²) in [6, 6.07) is 1.01. The quantitative estimate of drug-likeness (QED) is 0.735. The van der Waals surface area contributed by atoms with Crippen molar-refractivity contribution in [1.82, 2.24) is 9.27 Å². The third-order valence-electron chi connectivity index (χ3n) is 1.55. The Kier molecular flexibility index (Phi) is 3.39. The number of carbonyl (C=O) groups is 1. The molecule has 8 heteroatoms. The van der Waals surface area contributed by atoms with E-state index in [4.69, 9.17) is 5.26 Å². The number of amides is 1. The van der Waals surface area contributed by atoms with Crippen molar-refractivity contribution >= 4 is 28.4 Å². The van der Waals surface area contributed by atoms with E-state index in [2.05, 4.69) is 5.32 Å². The van der Waals surface area contributed by atoms with Gasteiger partial charge < -0.3 is 5.32 Å². The van der Waals surface area contributed by atoms with Crippen LogP contribution < -0.4 is 10.9 Å². The number of nitrogens with zero attached hydrogens (tertiary/aromatic N) is 2. The van der Waals surface area contributed by atoms with Gasteiger partial charge in [-0.05, 0) is 11.5 Å². The van der Waals surface area contributed by atoms with Gasteiger partial charge in [0.2, 0.25) is 0 Å². The van der Waals surface area contributed by atoms with Crippen molar-refractivity contribution in [3.05, 3.63) is 15.9 Å². The standard InChI is InChI=1S/C7H7N3O3S2/c1-9-7(12)10-5(11)4(3-8)6(14-10)15(2)13/h1-2H3,(H,9,12). The number of nitrogens with one attached hydrogen (secondary N) is 1. The lowest BCUT2D eigenvalue weighted by Crippen LogP contribution is -2.30. The molecule has 0 aliphatic heterocycles. The predicted molar refractivity (Wildman–Crippen MR) is 55.5 cm³/mol. The zero-order valence-electron chi connectivity index (χ0n) is 7.94. The first-order chi connectivity index (χ1) is 7.02. The van der Waals surface area contributed by atoms with Crippen molar-refractivity contribution in [2.45, 2.75) is 4.21 Å². The summed E-state index contributed by atoms with van der Waals surface area (Å²) in [5.41, 5.74) is -0.962. The smallest absolute Gasteiger partial charge is 0.337 e. The van der Waals surface area contributed by atoms with Gasteiger partial charge >= 0.3 is 6.03 Å². The molecule has 0 bridgehead atoms. The second-order valence-electron chi connectivity index (χ2n) is 2.47. The highest BCUT2D eigenvalue weighted by molar-refractivity contribution is 7.86. The fourth-order valence-corrected chi connectivity index (χ4v) is 2.69. The summed E-state index contributed by atoms with van der Waals surface area (Å²) in [5, 5.41) is 10.9. The van der Waals surface area contributed by atoms with Crippen LogP contribution in [0, 0.1) is 11.3 Å². The average Bonchev–Trinajstić information content (AvgIpc) is 2.54. The highest BCUT2D eigenvalue weighted by Gasteiger charge is 2.20. The van der Waals surface area contributed by atoms with Gasteiger partial charge in [-0.15, -0.1) is 0 Å². The largest absolute Gasteiger partial charge is 0.340 e. The molecule has 1 aromatic heterocycles. The first-order valence-corrected chi connectivity index (χ1v) is 6.08. The monoisotopic (exact) mass is 245 g/mol. The van der Waals surface area contributed by atoms with Gasteiger partial charge in [-0.3, -0.25) is 9.00 Å². The first-order valence-electron chi connectivity index (χ1n) is 3.74. The second kappa shape index (κ2) is 4.37. The molecule has 0 saturated heterocycles. The molecule has 0 aliphatic rings. The number of rotatable bonds is 1. The lowest BCUT2D eigenvalue weighted by Gasteiger charge is -1.94. The highest BCUT2D eigenvalue weighted by Crippen LogP contribution is 2.15. The summed E-state index contributed by atoms with van der Waals surface area (Å²) in [4.78, 5) is 22.7. The maximum Gasteiger partial charge on any atom is 0.337 e. The zero-order chi connectivity index (χ0) is 11.6. The van der Waals surface area contributed by atoms with Crippen LogP contribution in [0.5, 0.6) is 0 Å². The van der Waals surface area contributed by atoms with E-state index >= 15 is 0 Å². The Morgan fingerprint density at radius 2 is 2.27 bits per heavy atom. The molecule has 0 radical (unpaired) electrons. The molecule has 1 N–H and O–H groups in total. The summed E-state index contributed by atoms with van der Waals surface area (Å²) >= 11 is 0.721. The lowest BCUT2D eigenvalue weighted by molar-refractivity contribution is 0.246. The average molecular weight is 245 g/mol. The number of aromatic nitrogens is 1. The Labute approximate surface area is 91.7 Å². The van der Waals surface area contributed by atoms with Crippen LogP contribution in [-0.4, -0.2) is 27.5 Å². The van der Waals surface area contributed by atoms with Gasteiger partial charge in [-0.1, -0.05) is 0 Å². The van der Waals surface area contributed by atoms with E-state index in [0.29, 0.717) is 0 Å². The zero-order valence-corrected chi connectivity index (χ0v) is 9.57. The number of carbonyl (C=O) groups excluding carboxylic acids is 1. The molecular formula is C7H7N3O3S2. The van der Waals surface area contributed by atoms with E-state index in [0.717, 1.165) is 15.5 Å². The second-order valence-corrected chi connectivity index (χ2v) is 5.01. The van der Waals surface area contributed by atoms with E-state index in [-0.39, 0.29) is 9.77 Å². The maximum atomic E-state index is 11.5. The van der Waals surface area contributed by atoms with Crippen molar-refractivity contribution in [1.29, 1.82) is 5.26 Å². The number of nitriles is 1. The highest BCUT2D eigenvalue weighted by atomic mass is 32.2.